The number of rotatable bonds is 4. The average molecular weight is 218 g/mol. The summed E-state index contributed by atoms with van der Waals surface area (Å²) in [6, 6.07) is 2.27. The second kappa shape index (κ2) is 4.61. The van der Waals surface area contributed by atoms with Crippen molar-refractivity contribution >= 4 is 11.0 Å². The SMILES string of the molecule is CCCNC(C)c1nc2cnccc2n1C. The first-order valence-electron chi connectivity index (χ1n) is 5.73. The van der Waals surface area contributed by atoms with E-state index in [1.165, 1.54) is 0 Å². The molecule has 2 aromatic rings. The van der Waals surface area contributed by atoms with E-state index >= 15 is 0 Å². The van der Waals surface area contributed by atoms with Gasteiger partial charge in [-0.05, 0) is 26.0 Å². The summed E-state index contributed by atoms with van der Waals surface area (Å²) in [4.78, 5) is 8.70. The molecule has 0 saturated carbocycles. The van der Waals surface area contributed by atoms with Crippen molar-refractivity contribution in [2.24, 2.45) is 7.05 Å². The Bertz CT molecular complexity index is 475. The topological polar surface area (TPSA) is 42.7 Å². The molecule has 0 aliphatic rings. The molecule has 1 N–H and O–H groups in total. The van der Waals surface area contributed by atoms with Crippen LogP contribution in [0.4, 0.5) is 0 Å². The summed E-state index contributed by atoms with van der Waals surface area (Å²) >= 11 is 0. The fourth-order valence-electron chi connectivity index (χ4n) is 1.91. The second-order valence-corrected chi connectivity index (χ2v) is 4.07. The second-order valence-electron chi connectivity index (χ2n) is 4.07. The van der Waals surface area contributed by atoms with Gasteiger partial charge in [0.05, 0.1) is 17.8 Å². The third kappa shape index (κ3) is 1.93. The maximum absolute atomic E-state index is 4.60. The number of aromatic nitrogens is 3. The van der Waals surface area contributed by atoms with Crippen molar-refractivity contribution < 1.29 is 0 Å². The minimum absolute atomic E-state index is 0.275. The highest BCUT2D eigenvalue weighted by molar-refractivity contribution is 5.74. The molecule has 0 aliphatic heterocycles. The molecule has 1 atom stereocenters. The van der Waals surface area contributed by atoms with Crippen molar-refractivity contribution in [3.8, 4) is 0 Å². The number of fused-ring (bicyclic) bond motifs is 1. The Labute approximate surface area is 95.7 Å². The standard InChI is InChI=1S/C12H18N4/c1-4-6-14-9(2)12-15-10-8-13-7-5-11(10)16(12)3/h5,7-9,14H,4,6H2,1-3H3. The molecule has 4 heteroatoms. The number of pyridine rings is 1. The minimum Gasteiger partial charge on any atom is -0.330 e. The molecule has 0 bridgehead atoms. The summed E-state index contributed by atoms with van der Waals surface area (Å²) < 4.78 is 2.13. The van der Waals surface area contributed by atoms with Gasteiger partial charge < -0.3 is 9.88 Å². The number of hydrogen-bond acceptors (Lipinski definition) is 3. The van der Waals surface area contributed by atoms with Gasteiger partial charge in [0.25, 0.3) is 0 Å². The van der Waals surface area contributed by atoms with Crippen LogP contribution in [-0.4, -0.2) is 21.1 Å². The maximum Gasteiger partial charge on any atom is 0.126 e. The zero-order chi connectivity index (χ0) is 11.5. The largest absolute Gasteiger partial charge is 0.330 e. The lowest BCUT2D eigenvalue weighted by atomic mass is 10.3. The van der Waals surface area contributed by atoms with Gasteiger partial charge in [-0.1, -0.05) is 6.92 Å². The van der Waals surface area contributed by atoms with E-state index in [2.05, 4.69) is 40.7 Å². The maximum atomic E-state index is 4.60. The molecular weight excluding hydrogens is 200 g/mol. The number of aryl methyl sites for hydroxylation is 1. The molecule has 4 nitrogen and oxygen atoms in total. The summed E-state index contributed by atoms with van der Waals surface area (Å²) in [7, 11) is 2.05. The molecule has 86 valence electrons. The van der Waals surface area contributed by atoms with E-state index in [1.54, 1.807) is 6.20 Å². The van der Waals surface area contributed by atoms with E-state index in [9.17, 15) is 0 Å². The summed E-state index contributed by atoms with van der Waals surface area (Å²) in [5.74, 6) is 1.07. The van der Waals surface area contributed by atoms with Gasteiger partial charge in [-0.15, -0.1) is 0 Å². The van der Waals surface area contributed by atoms with Crippen LogP contribution < -0.4 is 5.32 Å². The van der Waals surface area contributed by atoms with Crippen LogP contribution in [0.5, 0.6) is 0 Å². The van der Waals surface area contributed by atoms with E-state index < -0.39 is 0 Å². The van der Waals surface area contributed by atoms with Crippen molar-refractivity contribution in [1.29, 1.82) is 0 Å². The predicted octanol–water partition coefficient (Wildman–Crippen LogP) is 2.03. The van der Waals surface area contributed by atoms with Gasteiger partial charge in [0, 0.05) is 13.2 Å². The Morgan fingerprint density at radius 1 is 1.50 bits per heavy atom. The van der Waals surface area contributed by atoms with Crippen LogP contribution in [0.15, 0.2) is 18.5 Å². The van der Waals surface area contributed by atoms with Crippen molar-refractivity contribution in [3.63, 3.8) is 0 Å². The van der Waals surface area contributed by atoms with E-state index in [1.807, 2.05) is 12.3 Å². The van der Waals surface area contributed by atoms with E-state index in [-0.39, 0.29) is 6.04 Å². The zero-order valence-electron chi connectivity index (χ0n) is 10.1. The molecule has 0 aromatic carbocycles. The summed E-state index contributed by atoms with van der Waals surface area (Å²) in [6.45, 7) is 5.32. The normalized spacial score (nSPS) is 13.2. The first kappa shape index (κ1) is 11.1. The lowest BCUT2D eigenvalue weighted by molar-refractivity contribution is 0.532. The molecule has 0 amide bonds. The minimum atomic E-state index is 0.275. The number of nitrogens with one attached hydrogen (secondary N) is 1. The smallest absolute Gasteiger partial charge is 0.126 e. The fraction of sp³-hybridized carbons (Fsp3) is 0.500. The van der Waals surface area contributed by atoms with Crippen molar-refractivity contribution in [3.05, 3.63) is 24.3 Å². The van der Waals surface area contributed by atoms with E-state index in [0.29, 0.717) is 0 Å². The van der Waals surface area contributed by atoms with E-state index in [0.717, 1.165) is 29.8 Å². The summed E-state index contributed by atoms with van der Waals surface area (Å²) in [6.07, 6.45) is 4.75. The molecule has 0 saturated heterocycles. The quantitative estimate of drug-likeness (QED) is 0.853. The van der Waals surface area contributed by atoms with Crippen molar-refractivity contribution in [1.82, 2.24) is 19.9 Å². The zero-order valence-corrected chi connectivity index (χ0v) is 10.1. The van der Waals surface area contributed by atoms with Crippen LogP contribution in [0.2, 0.25) is 0 Å². The highest BCUT2D eigenvalue weighted by Gasteiger charge is 2.13. The molecular formula is C12H18N4. The first-order valence-corrected chi connectivity index (χ1v) is 5.73. The Kier molecular flexibility index (Phi) is 3.19. The van der Waals surface area contributed by atoms with Crippen molar-refractivity contribution in [2.45, 2.75) is 26.3 Å². The van der Waals surface area contributed by atoms with Gasteiger partial charge in [0.1, 0.15) is 11.3 Å². The van der Waals surface area contributed by atoms with Crippen molar-refractivity contribution in [2.75, 3.05) is 6.54 Å². The van der Waals surface area contributed by atoms with Crippen LogP contribution in [-0.2, 0) is 7.05 Å². The van der Waals surface area contributed by atoms with Gasteiger partial charge in [0.2, 0.25) is 0 Å². The fourth-order valence-corrected chi connectivity index (χ4v) is 1.91. The van der Waals surface area contributed by atoms with Crippen LogP contribution >= 0.6 is 0 Å². The Morgan fingerprint density at radius 2 is 2.31 bits per heavy atom. The molecule has 2 aromatic heterocycles. The Hall–Kier alpha value is -1.42. The summed E-state index contributed by atoms with van der Waals surface area (Å²) in [5, 5.41) is 3.45. The highest BCUT2D eigenvalue weighted by Crippen LogP contribution is 2.18. The van der Waals surface area contributed by atoms with Gasteiger partial charge in [0.15, 0.2) is 0 Å². The lowest BCUT2D eigenvalue weighted by Crippen LogP contribution is -2.22. The Morgan fingerprint density at radius 3 is 3.00 bits per heavy atom. The van der Waals surface area contributed by atoms with Crippen LogP contribution in [0.3, 0.4) is 0 Å². The number of hydrogen-bond donors (Lipinski definition) is 1. The molecule has 0 fully saturated rings. The molecule has 16 heavy (non-hydrogen) atoms. The Balaban J connectivity index is 2.33. The van der Waals surface area contributed by atoms with Crippen LogP contribution in [0.1, 0.15) is 32.1 Å². The van der Waals surface area contributed by atoms with Gasteiger partial charge in [-0.2, -0.15) is 0 Å². The van der Waals surface area contributed by atoms with Crippen LogP contribution in [0.25, 0.3) is 11.0 Å². The third-order valence-electron chi connectivity index (χ3n) is 2.81. The van der Waals surface area contributed by atoms with Crippen LogP contribution in [0, 0.1) is 0 Å². The molecule has 1 unspecified atom stereocenters. The lowest BCUT2D eigenvalue weighted by Gasteiger charge is -2.12. The first-order chi connectivity index (χ1) is 7.74. The molecule has 2 heterocycles. The monoisotopic (exact) mass is 218 g/mol. The van der Waals surface area contributed by atoms with Gasteiger partial charge in [-0.3, -0.25) is 4.98 Å². The molecule has 2 rings (SSSR count). The predicted molar refractivity (Wildman–Crippen MR) is 65.2 cm³/mol. The van der Waals surface area contributed by atoms with Gasteiger partial charge in [-0.25, -0.2) is 4.98 Å². The number of imidazole rings is 1. The molecule has 0 spiro atoms. The third-order valence-corrected chi connectivity index (χ3v) is 2.81. The summed E-state index contributed by atoms with van der Waals surface area (Å²) in [5.41, 5.74) is 2.10. The van der Waals surface area contributed by atoms with E-state index in [4.69, 9.17) is 0 Å². The number of nitrogens with zero attached hydrogens (tertiary/aromatic N) is 3. The molecule has 0 radical (unpaired) electrons. The highest BCUT2D eigenvalue weighted by atomic mass is 15.1. The van der Waals surface area contributed by atoms with Gasteiger partial charge >= 0.3 is 0 Å². The molecule has 0 aliphatic carbocycles. The average Bonchev–Trinajstić information content (AvgIpc) is 2.64.